The maximum Gasteiger partial charge on any atom is 0.202 e. The second-order valence-corrected chi connectivity index (χ2v) is 6.88. The summed E-state index contributed by atoms with van der Waals surface area (Å²) >= 11 is 0. The molecule has 9 N–H and O–H groups in total. The summed E-state index contributed by atoms with van der Waals surface area (Å²) in [4.78, 5) is 24.6. The molecule has 180 valence electrons. The van der Waals surface area contributed by atoms with E-state index in [0.717, 1.165) is 24.3 Å². The Morgan fingerprint density at radius 1 is 0.618 bits per heavy atom. The first-order valence-corrected chi connectivity index (χ1v) is 10.2. The Bertz CT molecular complexity index is 1250. The van der Waals surface area contributed by atoms with Crippen LogP contribution in [0.1, 0.15) is 51.3 Å². The van der Waals surface area contributed by atoms with Gasteiger partial charge in [0.1, 0.15) is 17.2 Å². The second-order valence-electron chi connectivity index (χ2n) is 6.88. The van der Waals surface area contributed by atoms with E-state index in [2.05, 4.69) is 0 Å². The summed E-state index contributed by atoms with van der Waals surface area (Å²) < 4.78 is 0. The van der Waals surface area contributed by atoms with Crippen LogP contribution in [0, 0.1) is 0 Å². The Morgan fingerprint density at radius 3 is 1.68 bits per heavy atom. The third-order valence-electron chi connectivity index (χ3n) is 4.83. The average molecular weight is 471 g/mol. The van der Waals surface area contributed by atoms with Crippen LogP contribution < -0.4 is 5.73 Å². The molecule has 0 radical (unpaired) electrons. The van der Waals surface area contributed by atoms with Gasteiger partial charge < -0.3 is 41.5 Å². The highest BCUT2D eigenvalue weighted by Gasteiger charge is 2.37. The van der Waals surface area contributed by atoms with E-state index in [1.165, 1.54) is 12.1 Å². The third-order valence-corrected chi connectivity index (χ3v) is 4.83. The van der Waals surface area contributed by atoms with E-state index in [9.17, 15) is 35.1 Å². The summed E-state index contributed by atoms with van der Waals surface area (Å²) in [6.45, 7) is 4.39. The molecule has 34 heavy (non-hydrogen) atoms. The van der Waals surface area contributed by atoms with E-state index in [0.29, 0.717) is 18.5 Å². The average Bonchev–Trinajstić information content (AvgIpc) is 2.81. The fourth-order valence-corrected chi connectivity index (χ4v) is 3.26. The molecule has 0 fully saturated rings. The van der Waals surface area contributed by atoms with E-state index >= 15 is 0 Å². The summed E-state index contributed by atoms with van der Waals surface area (Å²) in [5.74, 6) is -4.35. The van der Waals surface area contributed by atoms with Crippen molar-refractivity contribution in [2.24, 2.45) is 5.73 Å². The second kappa shape index (κ2) is 10.5. The molecule has 3 aromatic rings. The normalized spacial score (nSPS) is 11.4. The van der Waals surface area contributed by atoms with Crippen molar-refractivity contribution >= 4 is 11.6 Å². The van der Waals surface area contributed by atoms with E-state index in [-0.39, 0.29) is 39.5 Å². The van der Waals surface area contributed by atoms with Crippen LogP contribution in [-0.2, 0) is 6.42 Å². The predicted molar refractivity (Wildman–Crippen MR) is 122 cm³/mol. The zero-order valence-corrected chi connectivity index (χ0v) is 18.4. The number of rotatable bonds is 2. The summed E-state index contributed by atoms with van der Waals surface area (Å²) in [6, 6.07) is 6.83. The molecule has 1 aliphatic carbocycles. The number of hydrogen-bond acceptors (Lipinski definition) is 10. The molecule has 0 spiro atoms. The summed E-state index contributed by atoms with van der Waals surface area (Å²) in [6.07, 6.45) is 0.472. The Hall–Kier alpha value is -4.44. The standard InChI is InChI=1S/C14H8O6.C8H11NO3.C2H6/c15-6-3-4-7(16)11-10(6)12(18)5-1-2-8(17)13(19)9(5)14(11)20;9-2-1-5-3-7(11)8(12)4-6(5)10;1-2/h1-4,15-17,19H;3-4,10-12H,1-2,9H2;1-2H3. The SMILES string of the molecule is CC.NCCc1cc(O)c(O)cc1O.O=C1c2ccc(O)c(O)c2C(=O)c2c(O)ccc(O)c21. The van der Waals surface area contributed by atoms with Gasteiger partial charge >= 0.3 is 0 Å². The number of nitrogens with two attached hydrogens (primary N) is 1. The number of carbonyl (C=O) groups excluding carboxylic acids is 2. The molecule has 10 nitrogen and oxygen atoms in total. The fourth-order valence-electron chi connectivity index (χ4n) is 3.26. The lowest BCUT2D eigenvalue weighted by Gasteiger charge is -2.20. The minimum absolute atomic E-state index is 0.0456. The molecular formula is C24H25NO9. The smallest absolute Gasteiger partial charge is 0.202 e. The van der Waals surface area contributed by atoms with Crippen molar-refractivity contribution in [1.29, 1.82) is 0 Å². The number of aromatic hydroxyl groups is 7. The topological polar surface area (TPSA) is 202 Å². The largest absolute Gasteiger partial charge is 0.508 e. The molecule has 0 saturated carbocycles. The van der Waals surface area contributed by atoms with Crippen molar-refractivity contribution in [3.63, 3.8) is 0 Å². The van der Waals surface area contributed by atoms with Crippen molar-refractivity contribution in [2.75, 3.05) is 6.54 Å². The number of benzene rings is 3. The van der Waals surface area contributed by atoms with Crippen LogP contribution in [-0.4, -0.2) is 53.9 Å². The molecule has 0 heterocycles. The van der Waals surface area contributed by atoms with Gasteiger partial charge in [-0.05, 0) is 48.9 Å². The number of phenolic OH excluding ortho intramolecular Hbond substituents is 7. The van der Waals surface area contributed by atoms with Gasteiger partial charge in [-0.15, -0.1) is 0 Å². The molecule has 0 aromatic heterocycles. The fraction of sp³-hybridized carbons (Fsp3) is 0.167. The number of carbonyl (C=O) groups is 2. The molecule has 0 bridgehead atoms. The van der Waals surface area contributed by atoms with E-state index in [1.54, 1.807) is 0 Å². The molecular weight excluding hydrogens is 446 g/mol. The zero-order valence-electron chi connectivity index (χ0n) is 18.4. The van der Waals surface area contributed by atoms with Gasteiger partial charge in [0.05, 0.1) is 16.7 Å². The van der Waals surface area contributed by atoms with Crippen LogP contribution in [0.2, 0.25) is 0 Å². The molecule has 0 amide bonds. The van der Waals surface area contributed by atoms with E-state index < -0.39 is 34.6 Å². The van der Waals surface area contributed by atoms with Crippen molar-refractivity contribution in [3.8, 4) is 40.2 Å². The van der Waals surface area contributed by atoms with Crippen LogP contribution in [0.25, 0.3) is 0 Å². The Kier molecular flexibility index (Phi) is 7.94. The first kappa shape index (κ1) is 25.8. The maximum absolute atomic E-state index is 12.3. The molecule has 0 atom stereocenters. The molecule has 0 saturated heterocycles. The predicted octanol–water partition coefficient (Wildman–Crippen LogP) is 2.62. The summed E-state index contributed by atoms with van der Waals surface area (Å²) in [5, 5.41) is 65.8. The van der Waals surface area contributed by atoms with Gasteiger partial charge in [0, 0.05) is 11.6 Å². The van der Waals surface area contributed by atoms with Gasteiger partial charge in [0.25, 0.3) is 0 Å². The molecule has 0 unspecified atom stereocenters. The summed E-state index contributed by atoms with van der Waals surface area (Å²) in [7, 11) is 0. The number of hydrogen-bond donors (Lipinski definition) is 8. The number of ketones is 2. The molecule has 0 aliphatic heterocycles. The van der Waals surface area contributed by atoms with Gasteiger partial charge in [-0.1, -0.05) is 13.8 Å². The van der Waals surface area contributed by atoms with Crippen molar-refractivity contribution in [2.45, 2.75) is 20.3 Å². The van der Waals surface area contributed by atoms with Crippen LogP contribution in [0.4, 0.5) is 0 Å². The van der Waals surface area contributed by atoms with Gasteiger partial charge in [0.2, 0.25) is 5.78 Å². The van der Waals surface area contributed by atoms with Crippen LogP contribution in [0.15, 0.2) is 36.4 Å². The Labute approximate surface area is 194 Å². The lowest BCUT2D eigenvalue weighted by atomic mass is 9.82. The van der Waals surface area contributed by atoms with Crippen molar-refractivity contribution in [1.82, 2.24) is 0 Å². The van der Waals surface area contributed by atoms with Crippen molar-refractivity contribution in [3.05, 3.63) is 64.2 Å². The highest BCUT2D eigenvalue weighted by molar-refractivity contribution is 6.31. The number of fused-ring (bicyclic) bond motifs is 2. The molecule has 4 rings (SSSR count). The van der Waals surface area contributed by atoms with Crippen LogP contribution in [0.5, 0.6) is 40.2 Å². The van der Waals surface area contributed by atoms with Crippen molar-refractivity contribution < 1.29 is 45.3 Å². The summed E-state index contributed by atoms with van der Waals surface area (Å²) in [5.41, 5.74) is 4.57. The van der Waals surface area contributed by atoms with E-state index in [4.69, 9.17) is 15.9 Å². The minimum atomic E-state index is -0.837. The quantitative estimate of drug-likeness (QED) is 0.159. The zero-order chi connectivity index (χ0) is 25.7. The monoisotopic (exact) mass is 471 g/mol. The number of phenols is 7. The molecule has 3 aromatic carbocycles. The van der Waals surface area contributed by atoms with Gasteiger partial charge in [0.15, 0.2) is 28.8 Å². The lowest BCUT2D eigenvalue weighted by molar-refractivity contribution is 0.0971. The third kappa shape index (κ3) is 4.66. The van der Waals surface area contributed by atoms with Crippen LogP contribution in [0.3, 0.4) is 0 Å². The highest BCUT2D eigenvalue weighted by Crippen LogP contribution is 2.42. The minimum Gasteiger partial charge on any atom is -0.508 e. The van der Waals surface area contributed by atoms with Gasteiger partial charge in [-0.25, -0.2) is 0 Å². The molecule has 10 heteroatoms. The molecule has 1 aliphatic rings. The first-order valence-electron chi connectivity index (χ1n) is 10.2. The van der Waals surface area contributed by atoms with Crippen LogP contribution >= 0.6 is 0 Å². The van der Waals surface area contributed by atoms with Gasteiger partial charge in [-0.2, -0.15) is 0 Å². The van der Waals surface area contributed by atoms with Gasteiger partial charge in [-0.3, -0.25) is 9.59 Å². The Morgan fingerprint density at radius 2 is 1.12 bits per heavy atom. The first-order chi connectivity index (χ1) is 16.1. The highest BCUT2D eigenvalue weighted by atomic mass is 16.3. The Balaban J connectivity index is 0.000000251. The maximum atomic E-state index is 12.3. The lowest BCUT2D eigenvalue weighted by Crippen LogP contribution is -2.21. The van der Waals surface area contributed by atoms with E-state index in [1.807, 2.05) is 13.8 Å².